The lowest BCUT2D eigenvalue weighted by atomic mass is 9.35. The Morgan fingerprint density at radius 3 is 0.675 bits per heavy atom. The smallest absolute Gasteiger partial charge is 0.458 e. The van der Waals surface area contributed by atoms with Gasteiger partial charge >= 0.3 is 70.4 Å². The lowest BCUT2D eigenvalue weighted by Crippen LogP contribution is -2.96. The average molecular weight is 1240 g/mol. The highest BCUT2D eigenvalue weighted by Crippen LogP contribution is 2.49. The molecule has 0 saturated carbocycles. The summed E-state index contributed by atoms with van der Waals surface area (Å²) in [5, 5.41) is 1.57. The topological polar surface area (TPSA) is 129 Å². The van der Waals surface area contributed by atoms with Crippen LogP contribution in [0.5, 0.6) is 23.0 Å². The predicted molar refractivity (Wildman–Crippen MR) is 325 cm³/mol. The molecule has 10 aromatic rings. The molecule has 0 N–H and O–H groups in total. The van der Waals surface area contributed by atoms with Crippen LogP contribution in [-0.2, 0) is 49.4 Å². The van der Waals surface area contributed by atoms with Crippen molar-refractivity contribution in [3.05, 3.63) is 273 Å². The van der Waals surface area contributed by atoms with Crippen molar-refractivity contribution in [1.29, 1.82) is 0 Å². The van der Waals surface area contributed by atoms with Crippen LogP contribution < -0.4 is 67.4 Å². The molecule has 8 aliphatic rings. The molecule has 0 atom stereocenters. The van der Waals surface area contributed by atoms with E-state index in [4.69, 9.17) is 64.3 Å². The zero-order valence-electron chi connectivity index (χ0n) is 53.0. The fourth-order valence-electron chi connectivity index (χ4n) is 11.4. The molecule has 18 rings (SSSR count). The van der Waals surface area contributed by atoms with Gasteiger partial charge < -0.3 is 58.9 Å². The molecule has 0 amide bonds. The number of para-hydroxylation sites is 2. The lowest BCUT2D eigenvalue weighted by Gasteiger charge is -2.62. The molecule has 0 spiro atoms. The van der Waals surface area contributed by atoms with E-state index < -0.39 is 166 Å². The molecular formula is C60H45BO14Si8. The van der Waals surface area contributed by atoms with Crippen LogP contribution in [0.25, 0.3) is 0 Å². The molecule has 83 heavy (non-hydrogen) atoms. The van der Waals surface area contributed by atoms with Gasteiger partial charge in [0.15, 0.2) is 0 Å². The van der Waals surface area contributed by atoms with E-state index in [2.05, 4.69) is 0 Å². The Morgan fingerprint density at radius 1 is 0.241 bits per heavy atom. The second kappa shape index (κ2) is 18.8. The van der Waals surface area contributed by atoms with E-state index in [9.17, 15) is 8.22 Å². The summed E-state index contributed by atoms with van der Waals surface area (Å²) in [4.78, 5) is 0. The maximum absolute atomic E-state index is 11.0. The minimum absolute atomic E-state index is 0.182. The average Bonchev–Trinajstić information content (AvgIpc) is 0.666. The highest BCUT2D eigenvalue weighted by Gasteiger charge is 2.86. The molecule has 8 bridgehead atoms. The molecule has 0 aromatic heterocycles. The van der Waals surface area contributed by atoms with Crippen molar-refractivity contribution < 1.29 is 72.6 Å². The fourth-order valence-corrected chi connectivity index (χ4v) is 57.3. The van der Waals surface area contributed by atoms with Gasteiger partial charge in [-0.2, -0.15) is 0 Å². The predicted octanol–water partition coefficient (Wildman–Crippen LogP) is 3.75. The molecule has 6 saturated heterocycles. The zero-order valence-corrected chi connectivity index (χ0v) is 51.0. The zero-order chi connectivity index (χ0) is 63.7. The Morgan fingerprint density at radius 2 is 0.446 bits per heavy atom. The number of rotatable bonds is 8. The molecule has 0 unspecified atom stereocenters. The monoisotopic (exact) mass is 1230 g/mol. The standard InChI is InChI=1S/C60H45BO14Si8/c1-8-26-46(27-9-1)76-64-77(47-28-10-2-11-29-47)67-80(50-34-16-5-17-35-50)69-78(65-76,48-30-12-3-13-31-48)71-82(52-38-20-7-21-39-52)72-79(66-76,49-32-14-4-15-33-49)70-81(68-77,51-36-18-6-19-37-51)74-83(73-80,75-82)53-44-58-60-59(45-53)63-57-43-25-23-41-55(57)61(60)54-40-22-24-42-56(54)62-58/h1-45H/i22D,23D,24D,25D,40D,41D,42D,43D,44D,45D. The van der Waals surface area contributed by atoms with E-state index in [0.29, 0.717) is 20.7 Å². The van der Waals surface area contributed by atoms with Crippen LogP contribution in [0.2, 0.25) is 0 Å². The van der Waals surface area contributed by atoms with Crippen molar-refractivity contribution in [3.63, 3.8) is 0 Å². The third-order valence-electron chi connectivity index (χ3n) is 15.0. The van der Waals surface area contributed by atoms with Gasteiger partial charge in [0.05, 0.1) is 13.7 Å². The SMILES string of the molecule is [2H]c1c([2H])c([2H])c2c(c1[2H])Oc1c([2H])c([Si]34O[Si]5(c6ccccc6)O[Si]6(c7ccccc7)O[Si]7(c8ccccc8)O[Si](c8ccccc8)(O5)O[Si](c5ccccc5)(O[Si](c5ccccc5)(O7)O[Si](c5ccccc5)(O6)O3)O4)c([2H])c3c1B2c1c([2H])c([2H])c([2H])c([2H])c1O3. The highest BCUT2D eigenvalue weighted by atomic mass is 28.6. The molecule has 14 nitrogen and oxygen atoms in total. The van der Waals surface area contributed by atoms with Gasteiger partial charge in [0.25, 0.3) is 6.71 Å². The number of ether oxygens (including phenoxy) is 2. The number of benzene rings is 10. The molecule has 8 heterocycles. The molecule has 10 aromatic carbocycles. The van der Waals surface area contributed by atoms with Crippen molar-refractivity contribution in [3.8, 4) is 23.0 Å². The Hall–Kier alpha value is -6.88. The molecule has 6 fully saturated rings. The first-order valence-electron chi connectivity index (χ1n) is 31.5. The van der Waals surface area contributed by atoms with Crippen LogP contribution in [0.3, 0.4) is 0 Å². The summed E-state index contributed by atoms with van der Waals surface area (Å²) < 4.78 is 208. The van der Waals surface area contributed by atoms with Crippen molar-refractivity contribution >= 4 is 135 Å². The minimum Gasteiger partial charge on any atom is -0.458 e. The van der Waals surface area contributed by atoms with Crippen LogP contribution >= 0.6 is 0 Å². The summed E-state index contributed by atoms with van der Waals surface area (Å²) in [5.41, 5.74) is -0.657. The molecule has 0 radical (unpaired) electrons. The van der Waals surface area contributed by atoms with Gasteiger partial charge in [-0.3, -0.25) is 0 Å². The molecule has 404 valence electrons. The van der Waals surface area contributed by atoms with E-state index in [1.165, 1.54) is 0 Å². The van der Waals surface area contributed by atoms with Crippen molar-refractivity contribution in [1.82, 2.24) is 0 Å². The van der Waals surface area contributed by atoms with Crippen molar-refractivity contribution in [2.75, 3.05) is 0 Å². The van der Waals surface area contributed by atoms with Crippen LogP contribution in [0.4, 0.5) is 0 Å². The Labute approximate surface area is 500 Å². The number of hydrogen-bond donors (Lipinski definition) is 0. The molecular weight excluding hydrogens is 1180 g/mol. The Kier molecular flexibility index (Phi) is 9.33. The normalized spacial score (nSPS) is 32.1. The number of hydrogen-bond acceptors (Lipinski definition) is 14. The van der Waals surface area contributed by atoms with E-state index in [-0.39, 0.29) is 31.9 Å². The maximum atomic E-state index is 11.0. The van der Waals surface area contributed by atoms with Gasteiger partial charge in [0, 0.05) is 47.0 Å². The van der Waals surface area contributed by atoms with E-state index in [1.54, 1.807) is 164 Å². The summed E-state index contributed by atoms with van der Waals surface area (Å²) >= 11 is 0. The maximum Gasteiger partial charge on any atom is 0.516 e. The summed E-state index contributed by atoms with van der Waals surface area (Å²) in [5.74, 6) is -1.90. The molecule has 8 aliphatic heterocycles. The second-order valence-electron chi connectivity index (χ2n) is 20.1. The fraction of sp³-hybridized carbons (Fsp3) is 0. The summed E-state index contributed by atoms with van der Waals surface area (Å²) in [6.07, 6.45) is 0. The summed E-state index contributed by atoms with van der Waals surface area (Å²) in [7, 11) is -43.1. The quantitative estimate of drug-likeness (QED) is 0.205. The lowest BCUT2D eigenvalue weighted by molar-refractivity contribution is -0.00301. The first-order valence-corrected chi connectivity index (χ1v) is 40.3. The van der Waals surface area contributed by atoms with Gasteiger partial charge in [-0.15, -0.1) is 0 Å². The molecule has 0 aliphatic carbocycles. The minimum atomic E-state index is -6.04. The van der Waals surface area contributed by atoms with E-state index in [0.717, 1.165) is 0 Å². The van der Waals surface area contributed by atoms with Gasteiger partial charge in [-0.1, -0.05) is 249 Å². The number of fused-ring (bicyclic) bond motifs is 4. The summed E-state index contributed by atoms with van der Waals surface area (Å²) in [6.45, 7) is -1.58. The van der Waals surface area contributed by atoms with Crippen LogP contribution in [0.15, 0.2) is 273 Å². The Balaban J connectivity index is 1.08. The van der Waals surface area contributed by atoms with Gasteiger partial charge in [0.1, 0.15) is 23.0 Å². The summed E-state index contributed by atoms with van der Waals surface area (Å²) in [6, 6.07) is 55.4. The highest BCUT2D eigenvalue weighted by molar-refractivity contribution is 7.14. The van der Waals surface area contributed by atoms with Gasteiger partial charge in [-0.05, 0) is 35.1 Å². The largest absolute Gasteiger partial charge is 0.516 e. The first kappa shape index (κ1) is 41.2. The van der Waals surface area contributed by atoms with E-state index in [1.807, 2.05) is 48.5 Å². The third-order valence-corrected chi connectivity index (χ3v) is 49.0. The van der Waals surface area contributed by atoms with E-state index >= 15 is 0 Å². The van der Waals surface area contributed by atoms with Crippen molar-refractivity contribution in [2.45, 2.75) is 0 Å². The third kappa shape index (κ3) is 7.79. The van der Waals surface area contributed by atoms with Gasteiger partial charge in [0.2, 0.25) is 0 Å². The van der Waals surface area contributed by atoms with Crippen LogP contribution in [-0.4, -0.2) is 77.1 Å². The van der Waals surface area contributed by atoms with Crippen molar-refractivity contribution in [2.24, 2.45) is 0 Å². The first-order chi connectivity index (χ1) is 44.9. The second-order valence-corrected chi connectivity index (χ2v) is 43.3. The van der Waals surface area contributed by atoms with Gasteiger partial charge in [-0.25, -0.2) is 0 Å². The molecule has 23 heteroatoms. The van der Waals surface area contributed by atoms with Crippen LogP contribution in [0.1, 0.15) is 13.7 Å². The Bertz CT molecular complexity index is 4360. The van der Waals surface area contributed by atoms with Crippen LogP contribution in [0, 0.1) is 0 Å².